The molecule has 0 saturated heterocycles. The van der Waals surface area contributed by atoms with Crippen molar-refractivity contribution in [2.24, 2.45) is 5.92 Å². The number of hydrogen-bond acceptors (Lipinski definition) is 3. The van der Waals surface area contributed by atoms with E-state index in [-0.39, 0.29) is 6.61 Å². The number of methoxy groups -OCH3 is 1. The molecule has 0 spiro atoms. The first-order valence-electron chi connectivity index (χ1n) is 6.85. The molecule has 0 radical (unpaired) electrons. The molecule has 19 heavy (non-hydrogen) atoms. The number of ether oxygens (including phenoxy) is 1. The van der Waals surface area contributed by atoms with Crippen molar-refractivity contribution >= 4 is 15.9 Å². The lowest BCUT2D eigenvalue weighted by molar-refractivity contribution is 0.248. The van der Waals surface area contributed by atoms with Crippen LogP contribution in [-0.2, 0) is 6.54 Å². The highest BCUT2D eigenvalue weighted by Crippen LogP contribution is 2.22. The Bertz CT molecular complexity index is 365. The second kappa shape index (κ2) is 9.34. The van der Waals surface area contributed by atoms with Gasteiger partial charge in [0.25, 0.3) is 0 Å². The van der Waals surface area contributed by atoms with Gasteiger partial charge in [-0.05, 0) is 49.1 Å². The normalized spacial score (nSPS) is 12.4. The first-order chi connectivity index (χ1) is 9.21. The van der Waals surface area contributed by atoms with Gasteiger partial charge in [-0.2, -0.15) is 0 Å². The maximum absolute atomic E-state index is 9.04. The summed E-state index contributed by atoms with van der Waals surface area (Å²) < 4.78 is 6.33. The van der Waals surface area contributed by atoms with Gasteiger partial charge in [-0.1, -0.05) is 29.3 Å². The van der Waals surface area contributed by atoms with Crippen molar-refractivity contribution in [3.63, 3.8) is 0 Å². The van der Waals surface area contributed by atoms with E-state index in [1.165, 1.54) is 5.56 Å². The van der Waals surface area contributed by atoms with Gasteiger partial charge in [0.15, 0.2) is 0 Å². The number of nitrogens with one attached hydrogen (secondary N) is 1. The molecule has 0 aliphatic heterocycles. The van der Waals surface area contributed by atoms with Crippen LogP contribution in [0, 0.1) is 5.92 Å². The molecule has 0 aliphatic rings. The van der Waals surface area contributed by atoms with Gasteiger partial charge in [0.1, 0.15) is 5.75 Å². The van der Waals surface area contributed by atoms with E-state index in [9.17, 15) is 0 Å². The molecule has 108 valence electrons. The van der Waals surface area contributed by atoms with Crippen LogP contribution in [0.15, 0.2) is 22.7 Å². The first-order valence-corrected chi connectivity index (χ1v) is 7.64. The van der Waals surface area contributed by atoms with Crippen molar-refractivity contribution in [2.45, 2.75) is 32.7 Å². The Hall–Kier alpha value is -0.580. The van der Waals surface area contributed by atoms with Crippen LogP contribution in [-0.4, -0.2) is 25.4 Å². The van der Waals surface area contributed by atoms with Gasteiger partial charge < -0.3 is 15.2 Å². The summed E-state index contributed by atoms with van der Waals surface area (Å²) in [6.07, 6.45) is 3.20. The van der Waals surface area contributed by atoms with Crippen molar-refractivity contribution in [1.29, 1.82) is 0 Å². The summed E-state index contributed by atoms with van der Waals surface area (Å²) in [4.78, 5) is 0. The average molecular weight is 330 g/mol. The lowest BCUT2D eigenvalue weighted by Gasteiger charge is -2.16. The first kappa shape index (κ1) is 16.5. The van der Waals surface area contributed by atoms with Crippen LogP contribution in [0.5, 0.6) is 5.75 Å². The van der Waals surface area contributed by atoms with E-state index in [0.717, 1.165) is 42.6 Å². The minimum absolute atomic E-state index is 0.273. The van der Waals surface area contributed by atoms with Crippen molar-refractivity contribution in [3.05, 3.63) is 28.2 Å². The van der Waals surface area contributed by atoms with E-state index < -0.39 is 0 Å². The van der Waals surface area contributed by atoms with E-state index in [1.807, 2.05) is 18.2 Å². The monoisotopic (exact) mass is 329 g/mol. The lowest BCUT2D eigenvalue weighted by Crippen LogP contribution is -2.23. The standard InChI is InChI=1S/C15H24BrNO2/c1-3-4-12(7-8-18)10-17-11-13-9-14(19-2)5-6-15(13)16/h5-6,9,12,17-18H,3-4,7-8,10-11H2,1-2H3. The van der Waals surface area contributed by atoms with E-state index in [0.29, 0.717) is 5.92 Å². The number of hydrogen-bond donors (Lipinski definition) is 2. The van der Waals surface area contributed by atoms with Crippen molar-refractivity contribution in [3.8, 4) is 5.75 Å². The summed E-state index contributed by atoms with van der Waals surface area (Å²) in [5.41, 5.74) is 1.19. The number of rotatable bonds is 9. The van der Waals surface area contributed by atoms with Gasteiger partial charge in [-0.25, -0.2) is 0 Å². The summed E-state index contributed by atoms with van der Waals surface area (Å²) in [5.74, 6) is 1.43. The molecule has 0 heterocycles. The van der Waals surface area contributed by atoms with Crippen molar-refractivity contribution in [1.82, 2.24) is 5.32 Å². The van der Waals surface area contributed by atoms with Crippen LogP contribution < -0.4 is 10.1 Å². The highest BCUT2D eigenvalue weighted by molar-refractivity contribution is 9.10. The lowest BCUT2D eigenvalue weighted by atomic mass is 10.0. The highest BCUT2D eigenvalue weighted by Gasteiger charge is 2.07. The topological polar surface area (TPSA) is 41.5 Å². The van der Waals surface area contributed by atoms with Crippen LogP contribution in [0.2, 0.25) is 0 Å². The Kier molecular flexibility index (Phi) is 8.10. The minimum atomic E-state index is 0.273. The van der Waals surface area contributed by atoms with Gasteiger partial charge >= 0.3 is 0 Å². The number of aliphatic hydroxyl groups is 1. The largest absolute Gasteiger partial charge is 0.497 e. The summed E-state index contributed by atoms with van der Waals surface area (Å²) >= 11 is 3.55. The zero-order valence-corrected chi connectivity index (χ0v) is 13.4. The van der Waals surface area contributed by atoms with E-state index in [2.05, 4.69) is 28.2 Å². The maximum Gasteiger partial charge on any atom is 0.119 e. The average Bonchev–Trinajstić information content (AvgIpc) is 2.41. The second-order valence-corrected chi connectivity index (χ2v) is 5.61. The molecule has 1 rings (SSSR count). The van der Waals surface area contributed by atoms with E-state index in [1.54, 1.807) is 7.11 Å². The van der Waals surface area contributed by atoms with E-state index >= 15 is 0 Å². The quantitative estimate of drug-likeness (QED) is 0.730. The van der Waals surface area contributed by atoms with Crippen molar-refractivity contribution < 1.29 is 9.84 Å². The fourth-order valence-electron chi connectivity index (χ4n) is 2.16. The van der Waals surface area contributed by atoms with Crippen LogP contribution in [0.4, 0.5) is 0 Å². The molecular formula is C15H24BrNO2. The fraction of sp³-hybridized carbons (Fsp3) is 0.600. The number of benzene rings is 1. The minimum Gasteiger partial charge on any atom is -0.497 e. The Labute approximate surface area is 124 Å². The Morgan fingerprint density at radius 1 is 1.37 bits per heavy atom. The summed E-state index contributed by atoms with van der Waals surface area (Å²) in [5, 5.41) is 12.5. The molecule has 1 atom stereocenters. The van der Waals surface area contributed by atoms with Gasteiger partial charge in [0.2, 0.25) is 0 Å². The van der Waals surface area contributed by atoms with Crippen LogP contribution in [0.25, 0.3) is 0 Å². The SMILES string of the molecule is CCCC(CCO)CNCc1cc(OC)ccc1Br. The molecule has 2 N–H and O–H groups in total. The Morgan fingerprint density at radius 2 is 2.16 bits per heavy atom. The summed E-state index contributed by atoms with van der Waals surface area (Å²) in [6, 6.07) is 5.99. The molecule has 0 aromatic heterocycles. The summed E-state index contributed by atoms with van der Waals surface area (Å²) in [6.45, 7) is 4.21. The molecular weight excluding hydrogens is 306 g/mol. The van der Waals surface area contributed by atoms with E-state index in [4.69, 9.17) is 9.84 Å². The van der Waals surface area contributed by atoms with Gasteiger partial charge in [0.05, 0.1) is 7.11 Å². The molecule has 0 aliphatic carbocycles. The second-order valence-electron chi connectivity index (χ2n) is 4.76. The Balaban J connectivity index is 2.47. The van der Waals surface area contributed by atoms with Gasteiger partial charge in [-0.15, -0.1) is 0 Å². The number of halogens is 1. The molecule has 0 saturated carbocycles. The molecule has 1 unspecified atom stereocenters. The summed E-state index contributed by atoms with van der Waals surface area (Å²) in [7, 11) is 1.68. The third-order valence-corrected chi connectivity index (χ3v) is 4.01. The predicted molar refractivity (Wildman–Crippen MR) is 82.5 cm³/mol. The molecule has 0 bridgehead atoms. The maximum atomic E-state index is 9.04. The van der Waals surface area contributed by atoms with Gasteiger partial charge in [-0.3, -0.25) is 0 Å². The highest BCUT2D eigenvalue weighted by atomic mass is 79.9. The Morgan fingerprint density at radius 3 is 2.79 bits per heavy atom. The molecule has 0 fully saturated rings. The molecule has 1 aromatic carbocycles. The third kappa shape index (κ3) is 5.93. The van der Waals surface area contributed by atoms with Crippen LogP contribution >= 0.6 is 15.9 Å². The molecule has 3 nitrogen and oxygen atoms in total. The van der Waals surface area contributed by atoms with Crippen LogP contribution in [0.3, 0.4) is 0 Å². The van der Waals surface area contributed by atoms with Crippen molar-refractivity contribution in [2.75, 3.05) is 20.3 Å². The smallest absolute Gasteiger partial charge is 0.119 e. The predicted octanol–water partition coefficient (Wildman–Crippen LogP) is 3.35. The fourth-order valence-corrected chi connectivity index (χ4v) is 2.55. The third-order valence-electron chi connectivity index (χ3n) is 3.24. The van der Waals surface area contributed by atoms with Crippen LogP contribution in [0.1, 0.15) is 31.7 Å². The van der Waals surface area contributed by atoms with Gasteiger partial charge in [0, 0.05) is 17.6 Å². The molecule has 1 aromatic rings. The number of aliphatic hydroxyl groups excluding tert-OH is 1. The molecule has 4 heteroatoms. The zero-order chi connectivity index (χ0) is 14.1. The molecule has 0 amide bonds. The zero-order valence-electron chi connectivity index (χ0n) is 11.8.